The van der Waals surface area contributed by atoms with Crippen LogP contribution in [0.1, 0.15) is 296 Å². The van der Waals surface area contributed by atoms with Crippen LogP contribution >= 0.6 is 0 Å². The molecule has 91 heavy (non-hydrogen) atoms. The second kappa shape index (κ2) is 54.3. The van der Waals surface area contributed by atoms with Crippen LogP contribution in [0.2, 0.25) is 0 Å². The van der Waals surface area contributed by atoms with Crippen molar-refractivity contribution in [1.82, 2.24) is 5.32 Å². The molecule has 0 radical (unpaired) electrons. The monoisotopic (exact) mass is 1300 g/mol. The minimum absolute atomic E-state index is 0.248. The van der Waals surface area contributed by atoms with E-state index < -0.39 is 124 Å². The highest BCUT2D eigenvalue weighted by Crippen LogP contribution is 2.33. The molecule has 0 aromatic rings. The van der Waals surface area contributed by atoms with Crippen LogP contribution in [0.4, 0.5) is 0 Å². The van der Waals surface area contributed by atoms with Crippen LogP contribution in [-0.2, 0) is 33.2 Å². The van der Waals surface area contributed by atoms with Crippen molar-refractivity contribution < 1.29 is 89.4 Å². The fraction of sp³-hybridized carbons (Fsp3) is 0.931. The van der Waals surface area contributed by atoms with Crippen LogP contribution in [-0.4, -0.2) is 193 Å². The fourth-order valence-electron chi connectivity index (χ4n) is 12.7. The van der Waals surface area contributed by atoms with Gasteiger partial charge in [0.05, 0.1) is 38.6 Å². The first-order chi connectivity index (χ1) is 44.3. The first-order valence-electron chi connectivity index (χ1n) is 37.1. The molecule has 0 bridgehead atoms. The van der Waals surface area contributed by atoms with Gasteiger partial charge in [0.2, 0.25) is 5.91 Å². The molecule has 3 saturated heterocycles. The maximum absolute atomic E-state index is 13.4. The summed E-state index contributed by atoms with van der Waals surface area (Å²) < 4.78 is 34.4. The molecule has 19 heteroatoms. The molecule has 17 unspecified atom stereocenters. The van der Waals surface area contributed by atoms with Crippen molar-refractivity contribution in [2.45, 2.75) is 401 Å². The lowest BCUT2D eigenvalue weighted by molar-refractivity contribution is -0.379. The van der Waals surface area contributed by atoms with E-state index in [1.807, 2.05) is 6.08 Å². The highest BCUT2D eigenvalue weighted by Gasteiger charge is 2.53. The Bertz CT molecular complexity index is 1750. The Morgan fingerprint density at radius 2 is 0.692 bits per heavy atom. The maximum atomic E-state index is 13.4. The molecule has 3 heterocycles. The molecule has 3 fully saturated rings. The van der Waals surface area contributed by atoms with Crippen molar-refractivity contribution in [1.29, 1.82) is 0 Å². The summed E-state index contributed by atoms with van der Waals surface area (Å²) in [5.74, 6) is -0.270. The summed E-state index contributed by atoms with van der Waals surface area (Å²) in [6.07, 6.45) is 35.9. The van der Waals surface area contributed by atoms with Crippen molar-refractivity contribution in [2.75, 3.05) is 26.4 Å². The molecular formula is C72H135NO18. The number of aliphatic hydroxyl groups excluding tert-OH is 11. The Morgan fingerprint density at radius 1 is 0.385 bits per heavy atom. The third-order valence-corrected chi connectivity index (χ3v) is 18.7. The van der Waals surface area contributed by atoms with Crippen LogP contribution in [0.15, 0.2) is 24.3 Å². The lowest BCUT2D eigenvalue weighted by Gasteiger charge is -2.48. The lowest BCUT2D eigenvalue weighted by atomic mass is 9.96. The number of hydrogen-bond donors (Lipinski definition) is 12. The summed E-state index contributed by atoms with van der Waals surface area (Å²) in [4.78, 5) is 13.4. The zero-order valence-electron chi connectivity index (χ0n) is 56.8. The highest BCUT2D eigenvalue weighted by atomic mass is 16.8. The van der Waals surface area contributed by atoms with Crippen molar-refractivity contribution in [2.24, 2.45) is 0 Å². The standard InChI is InChI=1S/C72H135NO18/c1-3-5-7-9-11-13-15-17-19-21-22-23-24-25-26-27-28-29-30-31-32-34-36-38-40-42-44-46-48-50-60(78)73-55(56(77)49-47-45-43-41-39-37-35-33-20-18-16-14-12-10-8-6-4-2)54-86-70-66(84)63(81)68(58(52-75)88-70)91-72-67(85)64(82)69(59(53-76)89-72)90-71-65(83)62(80)61(79)57(51-74)87-71/h21-22,47,49,55-59,61-72,74-77,79-85H,3-20,23-46,48,50-54H2,1-2H3,(H,73,78)/b22-21-,49-47+. The molecule has 12 N–H and O–H groups in total. The predicted octanol–water partition coefficient (Wildman–Crippen LogP) is 10.6. The Hall–Kier alpha value is -1.73. The Morgan fingerprint density at radius 3 is 1.07 bits per heavy atom. The van der Waals surface area contributed by atoms with Crippen LogP contribution < -0.4 is 5.32 Å². The molecule has 536 valence electrons. The summed E-state index contributed by atoms with van der Waals surface area (Å²) in [5.41, 5.74) is 0. The van der Waals surface area contributed by atoms with Crippen LogP contribution in [0.5, 0.6) is 0 Å². The summed E-state index contributed by atoms with van der Waals surface area (Å²) in [6.45, 7) is 1.77. The quantitative estimate of drug-likeness (QED) is 0.0199. The summed E-state index contributed by atoms with van der Waals surface area (Å²) in [6, 6.07) is -0.971. The van der Waals surface area contributed by atoms with E-state index in [2.05, 4.69) is 31.3 Å². The van der Waals surface area contributed by atoms with Gasteiger partial charge in [0.1, 0.15) is 73.2 Å². The van der Waals surface area contributed by atoms with Gasteiger partial charge in [-0.05, 0) is 44.9 Å². The van der Waals surface area contributed by atoms with E-state index in [0.29, 0.717) is 6.42 Å². The van der Waals surface area contributed by atoms with Crippen LogP contribution in [0.25, 0.3) is 0 Å². The smallest absolute Gasteiger partial charge is 0.220 e. The van der Waals surface area contributed by atoms with E-state index in [-0.39, 0.29) is 18.9 Å². The van der Waals surface area contributed by atoms with Gasteiger partial charge in [-0.15, -0.1) is 0 Å². The number of nitrogens with one attached hydrogen (secondary N) is 1. The van der Waals surface area contributed by atoms with Crippen LogP contribution in [0.3, 0.4) is 0 Å². The third-order valence-electron chi connectivity index (χ3n) is 18.7. The third kappa shape index (κ3) is 35.9. The Kier molecular flexibility index (Phi) is 49.8. The number of amides is 1. The maximum Gasteiger partial charge on any atom is 0.220 e. The van der Waals surface area contributed by atoms with E-state index in [1.54, 1.807) is 6.08 Å². The summed E-state index contributed by atoms with van der Waals surface area (Å²) in [7, 11) is 0. The van der Waals surface area contributed by atoms with Crippen molar-refractivity contribution in [3.05, 3.63) is 24.3 Å². The Balaban J connectivity index is 1.39. The largest absolute Gasteiger partial charge is 0.394 e. The first-order valence-corrected chi connectivity index (χ1v) is 37.1. The molecule has 3 aliphatic rings. The number of carbonyl (C=O) groups is 1. The van der Waals surface area contributed by atoms with E-state index in [4.69, 9.17) is 28.4 Å². The molecule has 1 amide bonds. The summed E-state index contributed by atoms with van der Waals surface area (Å²) >= 11 is 0. The molecule has 0 aromatic carbocycles. The molecule has 3 rings (SSSR count). The van der Waals surface area contributed by atoms with Gasteiger partial charge in [-0.3, -0.25) is 4.79 Å². The molecule has 0 aromatic heterocycles. The van der Waals surface area contributed by atoms with Crippen molar-refractivity contribution in [3.8, 4) is 0 Å². The van der Waals surface area contributed by atoms with Crippen molar-refractivity contribution in [3.63, 3.8) is 0 Å². The van der Waals surface area contributed by atoms with Gasteiger partial charge >= 0.3 is 0 Å². The molecule has 0 saturated carbocycles. The number of hydrogen-bond acceptors (Lipinski definition) is 18. The zero-order chi connectivity index (χ0) is 66.1. The number of aliphatic hydroxyl groups is 11. The Labute approximate surface area is 549 Å². The lowest BCUT2D eigenvalue weighted by Crippen LogP contribution is -2.66. The van der Waals surface area contributed by atoms with Crippen molar-refractivity contribution >= 4 is 5.91 Å². The normalized spacial score (nSPS) is 27.9. The number of allylic oxidation sites excluding steroid dienone is 3. The SMILES string of the molecule is CCCCCCCCCC/C=C\CCCCCCCCCCCCCCCCCCCC(=O)NC(COC1OC(CO)C(OC2OC(CO)C(OC3OC(CO)C(O)C(O)C3O)C(O)C2O)C(O)C1O)C(O)/C=C/CCCCCCCCCCCCCCCCC. The first kappa shape index (κ1) is 83.5. The molecule has 17 atom stereocenters. The molecule has 3 aliphatic heterocycles. The van der Waals surface area contributed by atoms with Gasteiger partial charge < -0.3 is 89.9 Å². The van der Waals surface area contributed by atoms with Gasteiger partial charge in [0, 0.05) is 6.42 Å². The second-order valence-corrected chi connectivity index (χ2v) is 26.8. The number of unbranched alkanes of at least 4 members (excludes halogenated alkanes) is 40. The van der Waals surface area contributed by atoms with Crippen LogP contribution in [0, 0.1) is 0 Å². The minimum Gasteiger partial charge on any atom is -0.394 e. The minimum atomic E-state index is -1.98. The molecule has 19 nitrogen and oxygen atoms in total. The van der Waals surface area contributed by atoms with Gasteiger partial charge in [-0.25, -0.2) is 0 Å². The number of rotatable bonds is 58. The number of ether oxygens (including phenoxy) is 6. The average molecular weight is 1300 g/mol. The fourth-order valence-corrected chi connectivity index (χ4v) is 12.7. The number of carbonyl (C=O) groups excluding carboxylic acids is 1. The second-order valence-electron chi connectivity index (χ2n) is 26.8. The van der Waals surface area contributed by atoms with Gasteiger partial charge in [0.15, 0.2) is 18.9 Å². The predicted molar refractivity (Wildman–Crippen MR) is 356 cm³/mol. The summed E-state index contributed by atoms with van der Waals surface area (Å²) in [5, 5.41) is 121. The van der Waals surface area contributed by atoms with E-state index in [0.717, 1.165) is 44.9 Å². The highest BCUT2D eigenvalue weighted by molar-refractivity contribution is 5.76. The molecule has 0 aliphatic carbocycles. The topological polar surface area (TPSA) is 307 Å². The molecular weight excluding hydrogens is 1170 g/mol. The van der Waals surface area contributed by atoms with E-state index >= 15 is 0 Å². The van der Waals surface area contributed by atoms with Gasteiger partial charge in [-0.2, -0.15) is 0 Å². The van der Waals surface area contributed by atoms with Gasteiger partial charge in [0.25, 0.3) is 0 Å². The molecule has 0 spiro atoms. The average Bonchev–Trinajstić information content (AvgIpc) is 0.884. The van der Waals surface area contributed by atoms with Gasteiger partial charge in [-0.1, -0.05) is 269 Å². The van der Waals surface area contributed by atoms with E-state index in [1.165, 1.54) is 225 Å². The van der Waals surface area contributed by atoms with E-state index in [9.17, 15) is 61.0 Å². The zero-order valence-corrected chi connectivity index (χ0v) is 56.8.